The molecular formula is C23H29FN2O2S. The van der Waals surface area contributed by atoms with Crippen LogP contribution in [0.25, 0.3) is 0 Å². The van der Waals surface area contributed by atoms with Gasteiger partial charge in [0.1, 0.15) is 12.4 Å². The maximum absolute atomic E-state index is 13.0. The van der Waals surface area contributed by atoms with E-state index < -0.39 is 0 Å². The highest BCUT2D eigenvalue weighted by Gasteiger charge is 2.23. The Morgan fingerprint density at radius 2 is 1.69 bits per heavy atom. The smallest absolute Gasteiger partial charge is 0.410 e. The van der Waals surface area contributed by atoms with Crippen LogP contribution in [0.5, 0.6) is 0 Å². The zero-order chi connectivity index (χ0) is 20.9. The molecule has 1 saturated heterocycles. The lowest BCUT2D eigenvalue weighted by molar-refractivity contribution is 0.0699. The quantitative estimate of drug-likeness (QED) is 0.630. The highest BCUT2D eigenvalue weighted by Crippen LogP contribution is 2.34. The largest absolute Gasteiger partial charge is 0.445 e. The van der Waals surface area contributed by atoms with Gasteiger partial charge >= 0.3 is 6.09 Å². The standard InChI is InChI=1S/C23H29FN2O2S/c1-23(2,3)29-21-7-5-4-6-19(21)16-25-12-14-26(15-13-25)22(27)28-17-18-8-10-20(24)11-9-18/h4-11H,12-17H2,1-3H3. The molecule has 2 aromatic carbocycles. The molecule has 0 aromatic heterocycles. The number of nitrogens with zero attached hydrogens (tertiary/aromatic N) is 2. The van der Waals surface area contributed by atoms with Gasteiger partial charge in [0.05, 0.1) is 0 Å². The number of piperazine rings is 1. The third-order valence-corrected chi connectivity index (χ3v) is 5.92. The molecule has 0 aliphatic carbocycles. The third-order valence-electron chi connectivity index (χ3n) is 4.69. The van der Waals surface area contributed by atoms with E-state index >= 15 is 0 Å². The Bertz CT molecular complexity index is 812. The molecule has 2 aromatic rings. The van der Waals surface area contributed by atoms with Crippen molar-refractivity contribution in [3.8, 4) is 0 Å². The minimum atomic E-state index is -0.308. The molecule has 0 saturated carbocycles. The average molecular weight is 417 g/mol. The van der Waals surface area contributed by atoms with Gasteiger partial charge in [-0.15, -0.1) is 11.8 Å². The van der Waals surface area contributed by atoms with Crippen LogP contribution in [0.1, 0.15) is 31.9 Å². The summed E-state index contributed by atoms with van der Waals surface area (Å²) in [6, 6.07) is 14.6. The van der Waals surface area contributed by atoms with Gasteiger partial charge in [-0.1, -0.05) is 51.1 Å². The maximum atomic E-state index is 13.0. The van der Waals surface area contributed by atoms with Gasteiger partial charge in [0.15, 0.2) is 0 Å². The molecule has 1 fully saturated rings. The Kier molecular flexibility index (Phi) is 7.19. The van der Waals surface area contributed by atoms with Crippen molar-refractivity contribution >= 4 is 17.9 Å². The first-order valence-electron chi connectivity index (χ1n) is 9.95. The minimum absolute atomic E-state index is 0.163. The normalized spacial score (nSPS) is 15.4. The van der Waals surface area contributed by atoms with Gasteiger partial charge in [-0.25, -0.2) is 9.18 Å². The topological polar surface area (TPSA) is 32.8 Å². The van der Waals surface area contributed by atoms with Crippen LogP contribution in [0.3, 0.4) is 0 Å². The fraction of sp³-hybridized carbons (Fsp3) is 0.435. The lowest BCUT2D eigenvalue weighted by Crippen LogP contribution is -2.48. The molecule has 6 heteroatoms. The molecule has 0 atom stereocenters. The number of rotatable bonds is 5. The molecule has 1 heterocycles. The number of amides is 1. The van der Waals surface area contributed by atoms with Gasteiger partial charge in [-0.05, 0) is 29.3 Å². The summed E-state index contributed by atoms with van der Waals surface area (Å²) in [6.45, 7) is 10.7. The highest BCUT2D eigenvalue weighted by molar-refractivity contribution is 8.00. The molecule has 0 N–H and O–H groups in total. The first kappa shape index (κ1) is 21.7. The zero-order valence-electron chi connectivity index (χ0n) is 17.4. The number of hydrogen-bond acceptors (Lipinski definition) is 4. The number of carbonyl (C=O) groups excluding carboxylic acids is 1. The second kappa shape index (κ2) is 9.63. The number of ether oxygens (including phenoxy) is 1. The molecule has 4 nitrogen and oxygen atoms in total. The molecular weight excluding hydrogens is 387 g/mol. The molecule has 0 bridgehead atoms. The van der Waals surface area contributed by atoms with Gasteiger partial charge in [0.25, 0.3) is 0 Å². The fourth-order valence-electron chi connectivity index (χ4n) is 3.21. The van der Waals surface area contributed by atoms with Crippen molar-refractivity contribution in [2.24, 2.45) is 0 Å². The van der Waals surface area contributed by atoms with E-state index in [1.54, 1.807) is 17.0 Å². The number of benzene rings is 2. The number of hydrogen-bond donors (Lipinski definition) is 0. The molecule has 1 aliphatic rings. The third kappa shape index (κ3) is 6.75. The average Bonchev–Trinajstić information content (AvgIpc) is 2.68. The second-order valence-corrected chi connectivity index (χ2v) is 10.1. The summed E-state index contributed by atoms with van der Waals surface area (Å²) in [4.78, 5) is 17.8. The molecule has 3 rings (SSSR count). The Balaban J connectivity index is 1.48. The van der Waals surface area contributed by atoms with Crippen molar-refractivity contribution in [1.29, 1.82) is 0 Å². The van der Waals surface area contributed by atoms with Crippen LogP contribution >= 0.6 is 11.8 Å². The van der Waals surface area contributed by atoms with Crippen molar-refractivity contribution < 1.29 is 13.9 Å². The van der Waals surface area contributed by atoms with Crippen molar-refractivity contribution in [2.45, 2.75) is 43.6 Å². The van der Waals surface area contributed by atoms with E-state index in [1.165, 1.54) is 22.6 Å². The number of halogens is 1. The number of carbonyl (C=O) groups is 1. The summed E-state index contributed by atoms with van der Waals surface area (Å²) < 4.78 is 18.5. The zero-order valence-corrected chi connectivity index (χ0v) is 18.2. The molecule has 1 amide bonds. The van der Waals surface area contributed by atoms with E-state index in [1.807, 2.05) is 11.8 Å². The summed E-state index contributed by atoms with van der Waals surface area (Å²) in [5.41, 5.74) is 2.12. The Labute approximate surface area is 177 Å². The summed E-state index contributed by atoms with van der Waals surface area (Å²) >= 11 is 1.89. The van der Waals surface area contributed by atoms with Crippen LogP contribution in [-0.2, 0) is 17.9 Å². The van der Waals surface area contributed by atoms with Crippen LogP contribution < -0.4 is 0 Å². The molecule has 156 valence electrons. The molecule has 29 heavy (non-hydrogen) atoms. The van der Waals surface area contributed by atoms with Crippen LogP contribution in [0.2, 0.25) is 0 Å². The van der Waals surface area contributed by atoms with Gasteiger partial charge in [0, 0.05) is 42.4 Å². The number of thioether (sulfide) groups is 1. The van der Waals surface area contributed by atoms with Crippen molar-refractivity contribution in [1.82, 2.24) is 9.80 Å². The van der Waals surface area contributed by atoms with E-state index in [0.717, 1.165) is 25.2 Å². The van der Waals surface area contributed by atoms with E-state index in [2.05, 4.69) is 49.9 Å². The van der Waals surface area contributed by atoms with Crippen molar-refractivity contribution in [3.63, 3.8) is 0 Å². The Morgan fingerprint density at radius 3 is 2.34 bits per heavy atom. The minimum Gasteiger partial charge on any atom is -0.445 e. The van der Waals surface area contributed by atoms with E-state index in [-0.39, 0.29) is 23.3 Å². The maximum Gasteiger partial charge on any atom is 0.410 e. The summed E-state index contributed by atoms with van der Waals surface area (Å²) in [7, 11) is 0. The van der Waals surface area contributed by atoms with Gasteiger partial charge in [-0.3, -0.25) is 4.90 Å². The Hall–Kier alpha value is -2.05. The van der Waals surface area contributed by atoms with E-state index in [4.69, 9.17) is 4.74 Å². The van der Waals surface area contributed by atoms with Gasteiger partial charge in [-0.2, -0.15) is 0 Å². The van der Waals surface area contributed by atoms with Crippen LogP contribution in [0.15, 0.2) is 53.4 Å². The van der Waals surface area contributed by atoms with Gasteiger partial charge in [0.2, 0.25) is 0 Å². The predicted molar refractivity (Wildman–Crippen MR) is 115 cm³/mol. The summed E-state index contributed by atoms with van der Waals surface area (Å²) in [5.74, 6) is -0.293. The van der Waals surface area contributed by atoms with Crippen LogP contribution in [0, 0.1) is 5.82 Å². The first-order valence-corrected chi connectivity index (χ1v) is 10.8. The lowest BCUT2D eigenvalue weighted by atomic mass is 10.2. The van der Waals surface area contributed by atoms with E-state index in [0.29, 0.717) is 13.1 Å². The van der Waals surface area contributed by atoms with Crippen LogP contribution in [-0.4, -0.2) is 46.8 Å². The second-order valence-electron chi connectivity index (χ2n) is 8.27. The fourth-order valence-corrected chi connectivity index (χ4v) is 4.28. The first-order chi connectivity index (χ1) is 13.8. The molecule has 0 radical (unpaired) electrons. The SMILES string of the molecule is CC(C)(C)Sc1ccccc1CN1CCN(C(=O)OCc2ccc(F)cc2)CC1. The molecule has 0 unspecified atom stereocenters. The highest BCUT2D eigenvalue weighted by atomic mass is 32.2. The summed E-state index contributed by atoms with van der Waals surface area (Å²) in [6.07, 6.45) is -0.308. The van der Waals surface area contributed by atoms with E-state index in [9.17, 15) is 9.18 Å². The van der Waals surface area contributed by atoms with Crippen LogP contribution in [0.4, 0.5) is 9.18 Å². The monoisotopic (exact) mass is 416 g/mol. The summed E-state index contributed by atoms with van der Waals surface area (Å²) in [5, 5.41) is 0. The van der Waals surface area contributed by atoms with Crippen molar-refractivity contribution in [3.05, 3.63) is 65.5 Å². The van der Waals surface area contributed by atoms with Gasteiger partial charge < -0.3 is 9.64 Å². The van der Waals surface area contributed by atoms with Crippen molar-refractivity contribution in [2.75, 3.05) is 26.2 Å². The molecule has 0 spiro atoms. The predicted octanol–water partition coefficient (Wildman–Crippen LogP) is 5.17. The Morgan fingerprint density at radius 1 is 1.03 bits per heavy atom. The molecule has 1 aliphatic heterocycles. The lowest BCUT2D eigenvalue weighted by Gasteiger charge is -2.34.